The van der Waals surface area contributed by atoms with Crippen LogP contribution < -0.4 is 0 Å². The standard InChI is InChI=1S/C17H19N3O/c1-3-6-11(2)14-9-12(10-15-17(14)19-20-18-15)13-7-4-5-8-16(13)21/h4-5,7-11,21H,3,6H2,1-2H3,(H,18,19,20). The van der Waals surface area contributed by atoms with Crippen LogP contribution in [0, 0.1) is 0 Å². The fourth-order valence-corrected chi connectivity index (χ4v) is 2.81. The van der Waals surface area contributed by atoms with E-state index in [-0.39, 0.29) is 5.75 Å². The van der Waals surface area contributed by atoms with Crippen molar-refractivity contribution in [2.24, 2.45) is 0 Å². The number of hydrogen-bond donors (Lipinski definition) is 2. The Balaban J connectivity index is 2.19. The Labute approximate surface area is 123 Å². The number of H-pyrrole nitrogens is 1. The van der Waals surface area contributed by atoms with Gasteiger partial charge < -0.3 is 5.11 Å². The number of nitrogens with zero attached hydrogens (tertiary/aromatic N) is 2. The molecule has 0 saturated heterocycles. The van der Waals surface area contributed by atoms with Crippen molar-refractivity contribution in [1.82, 2.24) is 15.4 Å². The van der Waals surface area contributed by atoms with Gasteiger partial charge in [0.05, 0.1) is 0 Å². The Hall–Kier alpha value is -2.36. The number of fused-ring (bicyclic) bond motifs is 1. The maximum atomic E-state index is 10.1. The van der Waals surface area contributed by atoms with Gasteiger partial charge in [-0.25, -0.2) is 0 Å². The number of hydrogen-bond acceptors (Lipinski definition) is 3. The summed E-state index contributed by atoms with van der Waals surface area (Å²) < 4.78 is 0. The van der Waals surface area contributed by atoms with Gasteiger partial charge in [-0.05, 0) is 41.7 Å². The van der Waals surface area contributed by atoms with Crippen molar-refractivity contribution in [2.45, 2.75) is 32.6 Å². The molecule has 3 aromatic rings. The van der Waals surface area contributed by atoms with Gasteiger partial charge in [0.2, 0.25) is 0 Å². The molecule has 0 aliphatic carbocycles. The summed E-state index contributed by atoms with van der Waals surface area (Å²) in [5.41, 5.74) is 4.75. The summed E-state index contributed by atoms with van der Waals surface area (Å²) in [6.45, 7) is 4.39. The first-order valence-corrected chi connectivity index (χ1v) is 7.33. The molecule has 0 aliphatic rings. The number of phenols is 1. The maximum absolute atomic E-state index is 10.1. The number of aromatic nitrogens is 3. The number of benzene rings is 2. The summed E-state index contributed by atoms with van der Waals surface area (Å²) >= 11 is 0. The van der Waals surface area contributed by atoms with Crippen molar-refractivity contribution >= 4 is 11.0 Å². The van der Waals surface area contributed by atoms with E-state index in [1.54, 1.807) is 6.07 Å². The molecule has 4 nitrogen and oxygen atoms in total. The van der Waals surface area contributed by atoms with Gasteiger partial charge in [0.15, 0.2) is 0 Å². The third-order valence-electron chi connectivity index (χ3n) is 3.92. The lowest BCUT2D eigenvalue weighted by molar-refractivity contribution is 0.477. The molecular weight excluding hydrogens is 262 g/mol. The number of para-hydroxylation sites is 1. The first-order valence-electron chi connectivity index (χ1n) is 7.33. The molecule has 1 heterocycles. The van der Waals surface area contributed by atoms with Gasteiger partial charge in [-0.1, -0.05) is 38.5 Å². The molecule has 1 aromatic heterocycles. The van der Waals surface area contributed by atoms with Gasteiger partial charge in [0.1, 0.15) is 16.8 Å². The first-order chi connectivity index (χ1) is 10.2. The van der Waals surface area contributed by atoms with Crippen LogP contribution in [0.2, 0.25) is 0 Å². The Morgan fingerprint density at radius 1 is 1.19 bits per heavy atom. The van der Waals surface area contributed by atoms with Crippen LogP contribution in [0.15, 0.2) is 36.4 Å². The minimum Gasteiger partial charge on any atom is -0.507 e. The van der Waals surface area contributed by atoms with E-state index in [2.05, 4.69) is 35.3 Å². The fourth-order valence-electron chi connectivity index (χ4n) is 2.81. The summed E-state index contributed by atoms with van der Waals surface area (Å²) in [5, 5.41) is 21.3. The summed E-state index contributed by atoms with van der Waals surface area (Å²) in [7, 11) is 0. The van der Waals surface area contributed by atoms with Crippen LogP contribution in [-0.4, -0.2) is 20.5 Å². The molecule has 0 spiro atoms. The Morgan fingerprint density at radius 2 is 2.00 bits per heavy atom. The molecule has 0 aliphatic heterocycles. The molecule has 0 fully saturated rings. The van der Waals surface area contributed by atoms with Crippen LogP contribution in [0.1, 0.15) is 38.2 Å². The van der Waals surface area contributed by atoms with Crippen LogP contribution in [0.3, 0.4) is 0 Å². The highest BCUT2D eigenvalue weighted by Gasteiger charge is 2.15. The molecule has 108 valence electrons. The Bertz CT molecular complexity index is 764. The largest absolute Gasteiger partial charge is 0.507 e. The second-order valence-corrected chi connectivity index (χ2v) is 5.46. The van der Waals surface area contributed by atoms with Gasteiger partial charge in [0.25, 0.3) is 0 Å². The SMILES string of the molecule is CCCC(C)c1cc(-c2ccccc2O)cc2n[nH]nc12. The van der Waals surface area contributed by atoms with Crippen LogP contribution in [0.4, 0.5) is 0 Å². The average molecular weight is 281 g/mol. The summed E-state index contributed by atoms with van der Waals surface area (Å²) in [6, 6.07) is 11.5. The van der Waals surface area contributed by atoms with Crippen molar-refractivity contribution in [3.8, 4) is 16.9 Å². The first kappa shape index (κ1) is 13.6. The Kier molecular flexibility index (Phi) is 3.60. The van der Waals surface area contributed by atoms with Gasteiger partial charge in [-0.15, -0.1) is 0 Å². The molecule has 1 unspecified atom stereocenters. The van der Waals surface area contributed by atoms with E-state index in [4.69, 9.17) is 0 Å². The minimum atomic E-state index is 0.287. The summed E-state index contributed by atoms with van der Waals surface area (Å²) in [6.07, 6.45) is 2.23. The molecule has 1 atom stereocenters. The zero-order chi connectivity index (χ0) is 14.8. The topological polar surface area (TPSA) is 61.8 Å². The van der Waals surface area contributed by atoms with Crippen molar-refractivity contribution in [1.29, 1.82) is 0 Å². The quantitative estimate of drug-likeness (QED) is 0.752. The second kappa shape index (κ2) is 5.56. The lowest BCUT2D eigenvalue weighted by atomic mass is 9.91. The smallest absolute Gasteiger partial charge is 0.123 e. The highest BCUT2D eigenvalue weighted by atomic mass is 16.3. The predicted octanol–water partition coefficient (Wildman–Crippen LogP) is 4.23. The lowest BCUT2D eigenvalue weighted by Crippen LogP contribution is -1.96. The number of nitrogens with one attached hydrogen (secondary N) is 1. The van der Waals surface area contributed by atoms with Gasteiger partial charge in [-0.2, -0.15) is 15.4 Å². The predicted molar refractivity (Wildman–Crippen MR) is 84.3 cm³/mol. The monoisotopic (exact) mass is 281 g/mol. The third kappa shape index (κ3) is 2.49. The highest BCUT2D eigenvalue weighted by Crippen LogP contribution is 2.35. The summed E-state index contributed by atoms with van der Waals surface area (Å²) in [5.74, 6) is 0.697. The number of rotatable bonds is 4. The zero-order valence-corrected chi connectivity index (χ0v) is 12.3. The van der Waals surface area contributed by atoms with E-state index < -0.39 is 0 Å². The molecule has 0 saturated carbocycles. The number of aromatic hydroxyl groups is 1. The molecule has 21 heavy (non-hydrogen) atoms. The van der Waals surface area contributed by atoms with E-state index in [1.807, 2.05) is 24.3 Å². The molecule has 3 rings (SSSR count). The van der Waals surface area contributed by atoms with E-state index in [1.165, 1.54) is 5.56 Å². The van der Waals surface area contributed by atoms with Crippen molar-refractivity contribution < 1.29 is 5.11 Å². The Morgan fingerprint density at radius 3 is 2.76 bits per heavy atom. The van der Waals surface area contributed by atoms with Crippen LogP contribution in [-0.2, 0) is 0 Å². The van der Waals surface area contributed by atoms with Gasteiger partial charge in [-0.3, -0.25) is 0 Å². The summed E-state index contributed by atoms with van der Waals surface area (Å²) in [4.78, 5) is 0. The van der Waals surface area contributed by atoms with Crippen molar-refractivity contribution in [2.75, 3.05) is 0 Å². The van der Waals surface area contributed by atoms with E-state index in [9.17, 15) is 5.11 Å². The zero-order valence-electron chi connectivity index (χ0n) is 12.3. The van der Waals surface area contributed by atoms with E-state index in [0.717, 1.165) is 35.0 Å². The van der Waals surface area contributed by atoms with E-state index in [0.29, 0.717) is 5.92 Å². The molecule has 0 bridgehead atoms. The number of phenolic OH excluding ortho intramolecular Hbond substituents is 1. The van der Waals surface area contributed by atoms with Gasteiger partial charge >= 0.3 is 0 Å². The molecule has 4 heteroatoms. The third-order valence-corrected chi connectivity index (χ3v) is 3.92. The maximum Gasteiger partial charge on any atom is 0.123 e. The molecule has 0 radical (unpaired) electrons. The molecule has 0 amide bonds. The molecular formula is C17H19N3O. The van der Waals surface area contributed by atoms with Crippen molar-refractivity contribution in [3.63, 3.8) is 0 Å². The number of aromatic amines is 1. The van der Waals surface area contributed by atoms with Gasteiger partial charge in [0, 0.05) is 5.56 Å². The molecule has 2 N–H and O–H groups in total. The van der Waals surface area contributed by atoms with Crippen LogP contribution >= 0.6 is 0 Å². The van der Waals surface area contributed by atoms with Crippen LogP contribution in [0.25, 0.3) is 22.2 Å². The normalized spacial score (nSPS) is 12.7. The fraction of sp³-hybridized carbons (Fsp3) is 0.294. The highest BCUT2D eigenvalue weighted by molar-refractivity contribution is 5.86. The minimum absolute atomic E-state index is 0.287. The molecule has 2 aromatic carbocycles. The lowest BCUT2D eigenvalue weighted by Gasteiger charge is -2.13. The van der Waals surface area contributed by atoms with E-state index >= 15 is 0 Å². The second-order valence-electron chi connectivity index (χ2n) is 5.46. The average Bonchev–Trinajstić information content (AvgIpc) is 2.95. The van der Waals surface area contributed by atoms with Crippen molar-refractivity contribution in [3.05, 3.63) is 42.0 Å². The van der Waals surface area contributed by atoms with Crippen LogP contribution in [0.5, 0.6) is 5.75 Å².